The van der Waals surface area contributed by atoms with Gasteiger partial charge in [0.2, 0.25) is 0 Å². The molecule has 5 nitrogen and oxygen atoms in total. The molecular weight excluding hydrogens is 250 g/mol. The van der Waals surface area contributed by atoms with Gasteiger partial charge in [0.25, 0.3) is 0 Å². The Morgan fingerprint density at radius 1 is 1.44 bits per heavy atom. The van der Waals surface area contributed by atoms with Crippen LogP contribution in [0.2, 0.25) is 0 Å². The van der Waals surface area contributed by atoms with Crippen LogP contribution in [0, 0.1) is 13.8 Å². The normalized spacial score (nSPS) is 11.1. The van der Waals surface area contributed by atoms with E-state index >= 15 is 0 Å². The van der Waals surface area contributed by atoms with Crippen LogP contribution in [-0.2, 0) is 11.3 Å². The third kappa shape index (κ3) is 2.95. The van der Waals surface area contributed by atoms with E-state index in [0.717, 1.165) is 33.6 Å². The summed E-state index contributed by atoms with van der Waals surface area (Å²) in [5.41, 5.74) is 1.91. The van der Waals surface area contributed by atoms with E-state index in [1.54, 1.807) is 18.4 Å². The van der Waals surface area contributed by atoms with Gasteiger partial charge < -0.3 is 14.5 Å². The average molecular weight is 267 g/mol. The van der Waals surface area contributed by atoms with Crippen LogP contribution in [0.25, 0.3) is 10.6 Å². The van der Waals surface area contributed by atoms with E-state index in [9.17, 15) is 0 Å². The molecule has 0 unspecified atom stereocenters. The van der Waals surface area contributed by atoms with Gasteiger partial charge in [0, 0.05) is 20.2 Å². The van der Waals surface area contributed by atoms with Crippen LogP contribution in [-0.4, -0.2) is 30.2 Å². The average Bonchev–Trinajstić information content (AvgIpc) is 2.91. The lowest BCUT2D eigenvalue weighted by Crippen LogP contribution is -2.19. The molecule has 18 heavy (non-hydrogen) atoms. The highest BCUT2D eigenvalue weighted by Gasteiger charge is 2.16. The summed E-state index contributed by atoms with van der Waals surface area (Å²) in [7, 11) is 1.69. The molecule has 0 saturated carbocycles. The zero-order chi connectivity index (χ0) is 13.0. The van der Waals surface area contributed by atoms with Crippen LogP contribution in [0.15, 0.2) is 10.8 Å². The number of rotatable bonds is 6. The minimum absolute atomic E-state index is 0.672. The van der Waals surface area contributed by atoms with Crippen molar-refractivity contribution in [3.63, 3.8) is 0 Å². The fourth-order valence-corrected chi connectivity index (χ4v) is 2.63. The third-order valence-electron chi connectivity index (χ3n) is 2.53. The quantitative estimate of drug-likeness (QED) is 0.813. The summed E-state index contributed by atoms with van der Waals surface area (Å²) in [5.74, 6) is 0.822. The highest BCUT2D eigenvalue weighted by Crippen LogP contribution is 2.31. The van der Waals surface area contributed by atoms with Gasteiger partial charge in [-0.05, 0) is 13.8 Å². The van der Waals surface area contributed by atoms with Crippen molar-refractivity contribution in [3.05, 3.63) is 22.8 Å². The standard InChI is InChI=1S/C12H17N3O2S/c1-8-12(18-9(2)15-8)11-10(14-7-17-11)6-13-4-5-16-3/h7,13H,4-6H2,1-3H3. The van der Waals surface area contributed by atoms with E-state index in [4.69, 9.17) is 9.15 Å². The van der Waals surface area contributed by atoms with Gasteiger partial charge in [-0.1, -0.05) is 0 Å². The Kier molecular flexibility index (Phi) is 4.46. The molecule has 98 valence electrons. The van der Waals surface area contributed by atoms with Crippen LogP contribution >= 0.6 is 11.3 Å². The Morgan fingerprint density at radius 3 is 2.94 bits per heavy atom. The molecule has 0 spiro atoms. The molecule has 2 aromatic rings. The number of aryl methyl sites for hydroxylation is 2. The van der Waals surface area contributed by atoms with E-state index in [1.807, 2.05) is 13.8 Å². The lowest BCUT2D eigenvalue weighted by molar-refractivity contribution is 0.199. The van der Waals surface area contributed by atoms with Gasteiger partial charge in [-0.25, -0.2) is 9.97 Å². The largest absolute Gasteiger partial charge is 0.442 e. The summed E-state index contributed by atoms with van der Waals surface area (Å²) in [6.07, 6.45) is 1.48. The fraction of sp³-hybridized carbons (Fsp3) is 0.500. The minimum Gasteiger partial charge on any atom is -0.442 e. The number of aromatic nitrogens is 2. The topological polar surface area (TPSA) is 60.2 Å². The number of hydrogen-bond acceptors (Lipinski definition) is 6. The van der Waals surface area contributed by atoms with Crippen LogP contribution in [0.1, 0.15) is 16.4 Å². The maximum Gasteiger partial charge on any atom is 0.181 e. The molecular formula is C12H17N3O2S. The zero-order valence-corrected chi connectivity index (χ0v) is 11.6. The maximum absolute atomic E-state index is 5.49. The van der Waals surface area contributed by atoms with Gasteiger partial charge in [-0.3, -0.25) is 0 Å². The molecule has 0 aromatic carbocycles. The molecule has 0 aliphatic carbocycles. The van der Waals surface area contributed by atoms with Crippen molar-refractivity contribution in [2.24, 2.45) is 0 Å². The fourth-order valence-electron chi connectivity index (χ4n) is 1.70. The minimum atomic E-state index is 0.672. The van der Waals surface area contributed by atoms with Crippen molar-refractivity contribution in [2.75, 3.05) is 20.3 Å². The molecule has 0 aliphatic rings. The Morgan fingerprint density at radius 2 is 2.28 bits per heavy atom. The number of nitrogens with one attached hydrogen (secondary N) is 1. The molecule has 2 aromatic heterocycles. The van der Waals surface area contributed by atoms with Gasteiger partial charge in [-0.15, -0.1) is 11.3 Å². The highest BCUT2D eigenvalue weighted by molar-refractivity contribution is 7.15. The second kappa shape index (κ2) is 6.08. The van der Waals surface area contributed by atoms with E-state index < -0.39 is 0 Å². The number of hydrogen-bond donors (Lipinski definition) is 1. The van der Waals surface area contributed by atoms with Crippen molar-refractivity contribution in [3.8, 4) is 10.6 Å². The first kappa shape index (κ1) is 13.2. The molecule has 0 atom stereocenters. The Hall–Kier alpha value is -1.24. The molecule has 0 bridgehead atoms. The first-order valence-electron chi connectivity index (χ1n) is 5.78. The van der Waals surface area contributed by atoms with Crippen molar-refractivity contribution >= 4 is 11.3 Å². The number of ether oxygens (including phenoxy) is 1. The molecule has 2 rings (SSSR count). The second-order valence-corrected chi connectivity index (χ2v) is 5.15. The SMILES string of the molecule is COCCNCc1ncoc1-c1sc(C)nc1C. The molecule has 0 fully saturated rings. The monoisotopic (exact) mass is 267 g/mol. The molecule has 0 radical (unpaired) electrons. The lowest BCUT2D eigenvalue weighted by atomic mass is 10.2. The Balaban J connectivity index is 2.10. The Labute approximate surface area is 110 Å². The number of oxazole rings is 1. The zero-order valence-electron chi connectivity index (χ0n) is 10.8. The predicted octanol–water partition coefficient (Wildman–Crippen LogP) is 2.15. The molecule has 2 heterocycles. The lowest BCUT2D eigenvalue weighted by Gasteiger charge is -2.02. The van der Waals surface area contributed by atoms with Crippen LogP contribution in [0.5, 0.6) is 0 Å². The van der Waals surface area contributed by atoms with Gasteiger partial charge in [-0.2, -0.15) is 0 Å². The summed E-state index contributed by atoms with van der Waals surface area (Å²) in [6.45, 7) is 6.14. The summed E-state index contributed by atoms with van der Waals surface area (Å²) in [4.78, 5) is 9.72. The Bertz CT molecular complexity index is 507. The summed E-state index contributed by atoms with van der Waals surface area (Å²) < 4.78 is 10.5. The van der Waals surface area contributed by atoms with Crippen molar-refractivity contribution < 1.29 is 9.15 Å². The first-order chi connectivity index (χ1) is 8.72. The molecule has 0 aliphatic heterocycles. The van der Waals surface area contributed by atoms with Crippen LogP contribution in [0.3, 0.4) is 0 Å². The molecule has 0 saturated heterocycles. The summed E-state index contributed by atoms with van der Waals surface area (Å²) in [5, 5.41) is 4.30. The summed E-state index contributed by atoms with van der Waals surface area (Å²) >= 11 is 1.63. The smallest absolute Gasteiger partial charge is 0.181 e. The predicted molar refractivity (Wildman–Crippen MR) is 70.7 cm³/mol. The van der Waals surface area contributed by atoms with E-state index in [-0.39, 0.29) is 0 Å². The molecule has 6 heteroatoms. The van der Waals surface area contributed by atoms with Gasteiger partial charge in [0.1, 0.15) is 5.69 Å². The van der Waals surface area contributed by atoms with E-state index in [2.05, 4.69) is 15.3 Å². The first-order valence-corrected chi connectivity index (χ1v) is 6.60. The van der Waals surface area contributed by atoms with Gasteiger partial charge in [0.15, 0.2) is 12.2 Å². The van der Waals surface area contributed by atoms with E-state index in [0.29, 0.717) is 13.2 Å². The third-order valence-corrected chi connectivity index (χ3v) is 3.60. The van der Waals surface area contributed by atoms with Gasteiger partial charge >= 0.3 is 0 Å². The number of nitrogens with zero attached hydrogens (tertiary/aromatic N) is 2. The second-order valence-electron chi connectivity index (χ2n) is 3.95. The number of methoxy groups -OCH3 is 1. The summed E-state index contributed by atoms with van der Waals surface area (Å²) in [6, 6.07) is 0. The van der Waals surface area contributed by atoms with Gasteiger partial charge in [0.05, 0.1) is 22.2 Å². The highest BCUT2D eigenvalue weighted by atomic mass is 32.1. The molecule has 1 N–H and O–H groups in total. The van der Waals surface area contributed by atoms with Crippen molar-refractivity contribution in [2.45, 2.75) is 20.4 Å². The molecule has 0 amide bonds. The van der Waals surface area contributed by atoms with Crippen LogP contribution < -0.4 is 5.32 Å². The van der Waals surface area contributed by atoms with Crippen molar-refractivity contribution in [1.29, 1.82) is 0 Å². The maximum atomic E-state index is 5.49. The number of thiazole rings is 1. The van der Waals surface area contributed by atoms with E-state index in [1.165, 1.54) is 6.39 Å². The van der Waals surface area contributed by atoms with Crippen molar-refractivity contribution in [1.82, 2.24) is 15.3 Å². The van der Waals surface area contributed by atoms with Crippen LogP contribution in [0.4, 0.5) is 0 Å².